The molecule has 0 saturated carbocycles. The summed E-state index contributed by atoms with van der Waals surface area (Å²) in [6.07, 6.45) is 1.69. The maximum Gasteiger partial charge on any atom is 0.330 e. The summed E-state index contributed by atoms with van der Waals surface area (Å²) in [5.74, 6) is 0.0557. The first-order valence-electron chi connectivity index (χ1n) is 11.3. The van der Waals surface area contributed by atoms with Crippen LogP contribution in [-0.2, 0) is 11.3 Å². The van der Waals surface area contributed by atoms with Crippen molar-refractivity contribution in [1.82, 2.24) is 9.55 Å². The first kappa shape index (κ1) is 23.7. The third kappa shape index (κ3) is 5.37. The highest BCUT2D eigenvalue weighted by molar-refractivity contribution is 7.80. The molecule has 4 N–H and O–H groups in total. The lowest BCUT2D eigenvalue weighted by Gasteiger charge is -2.29. The molecule has 0 spiro atoms. The number of nitrogens with two attached hydrogens (primary N) is 1. The zero-order valence-electron chi connectivity index (χ0n) is 19.3. The molecule has 0 aliphatic carbocycles. The van der Waals surface area contributed by atoms with Crippen LogP contribution in [0.3, 0.4) is 0 Å². The Morgan fingerprint density at radius 2 is 1.91 bits per heavy atom. The fourth-order valence-electron chi connectivity index (χ4n) is 4.27. The van der Waals surface area contributed by atoms with Gasteiger partial charge in [-0.2, -0.15) is 0 Å². The molecule has 1 fully saturated rings. The number of thiocarbonyl (C=S) groups is 1. The highest BCUT2D eigenvalue weighted by Gasteiger charge is 2.27. The molecular formula is C25H29N5O3S. The number of aromatic nitrogens is 2. The Kier molecular flexibility index (Phi) is 7.14. The third-order valence-corrected chi connectivity index (χ3v) is 6.12. The number of H-pyrrole nitrogens is 1. The van der Waals surface area contributed by atoms with Crippen molar-refractivity contribution in [2.24, 2.45) is 0 Å². The molecule has 0 amide bonds. The standard InChI is InChI=1S/C25H29N5O3S/c1-16-11-17(2)13-19(12-16)27-25(34)29(15-20-9-6-10-33-20)21-22(26)30(24(32)28-23(21)31)14-18-7-4-3-5-8-18/h3-5,7-8,11-13,20H,6,9-10,14-15,26H2,1-2H3,(H,27,34)(H,28,31,32). The average Bonchev–Trinajstić information content (AvgIpc) is 3.29. The van der Waals surface area contributed by atoms with Gasteiger partial charge in [-0.1, -0.05) is 36.4 Å². The van der Waals surface area contributed by atoms with Gasteiger partial charge in [-0.25, -0.2) is 4.79 Å². The number of ether oxygens (including phenoxy) is 1. The zero-order valence-corrected chi connectivity index (χ0v) is 20.2. The molecule has 2 aromatic carbocycles. The lowest BCUT2D eigenvalue weighted by atomic mass is 10.1. The minimum absolute atomic E-state index is 0.0557. The van der Waals surface area contributed by atoms with E-state index in [0.29, 0.717) is 18.3 Å². The zero-order chi connectivity index (χ0) is 24.2. The quantitative estimate of drug-likeness (QED) is 0.467. The van der Waals surface area contributed by atoms with Crippen molar-refractivity contribution >= 4 is 34.5 Å². The molecule has 0 bridgehead atoms. The summed E-state index contributed by atoms with van der Waals surface area (Å²) in [5.41, 5.74) is 9.31. The number of anilines is 3. The van der Waals surface area contributed by atoms with Crippen LogP contribution < -0.4 is 27.2 Å². The smallest absolute Gasteiger partial charge is 0.330 e. The van der Waals surface area contributed by atoms with Crippen molar-refractivity contribution in [3.05, 3.63) is 86.1 Å². The SMILES string of the molecule is Cc1cc(C)cc(NC(=S)N(CC2CCCO2)c2c(N)n(Cc3ccccc3)c(=O)[nH]c2=O)c1. The van der Waals surface area contributed by atoms with Crippen molar-refractivity contribution < 1.29 is 4.74 Å². The average molecular weight is 480 g/mol. The van der Waals surface area contributed by atoms with Crippen molar-refractivity contribution in [2.45, 2.75) is 39.3 Å². The highest BCUT2D eigenvalue weighted by Crippen LogP contribution is 2.23. The van der Waals surface area contributed by atoms with E-state index in [-0.39, 0.29) is 24.2 Å². The lowest BCUT2D eigenvalue weighted by molar-refractivity contribution is 0.118. The van der Waals surface area contributed by atoms with Crippen LogP contribution >= 0.6 is 12.2 Å². The van der Waals surface area contributed by atoms with Gasteiger partial charge >= 0.3 is 5.69 Å². The second-order valence-corrected chi connectivity index (χ2v) is 9.00. The van der Waals surface area contributed by atoms with Crippen LogP contribution in [0.2, 0.25) is 0 Å². The lowest BCUT2D eigenvalue weighted by Crippen LogP contribution is -2.46. The number of benzene rings is 2. The van der Waals surface area contributed by atoms with Crippen LogP contribution in [0.25, 0.3) is 0 Å². The Labute approximate surface area is 203 Å². The Morgan fingerprint density at radius 3 is 2.56 bits per heavy atom. The number of nitrogen functional groups attached to an aromatic ring is 1. The number of hydrogen-bond donors (Lipinski definition) is 3. The first-order valence-corrected chi connectivity index (χ1v) is 11.7. The third-order valence-electron chi connectivity index (χ3n) is 5.80. The number of aryl methyl sites for hydroxylation is 2. The van der Waals surface area contributed by atoms with Gasteiger partial charge in [0.1, 0.15) is 5.82 Å². The summed E-state index contributed by atoms with van der Waals surface area (Å²) >= 11 is 5.75. The van der Waals surface area contributed by atoms with Crippen LogP contribution in [0.1, 0.15) is 29.5 Å². The molecule has 0 radical (unpaired) electrons. The van der Waals surface area contributed by atoms with E-state index in [1.165, 1.54) is 4.57 Å². The fraction of sp³-hybridized carbons (Fsp3) is 0.320. The largest absolute Gasteiger partial charge is 0.383 e. The predicted molar refractivity (Wildman–Crippen MR) is 140 cm³/mol. The van der Waals surface area contributed by atoms with Crippen LogP contribution in [0, 0.1) is 13.8 Å². The predicted octanol–water partition coefficient (Wildman–Crippen LogP) is 3.17. The van der Waals surface area contributed by atoms with E-state index in [2.05, 4.69) is 16.4 Å². The second kappa shape index (κ2) is 10.2. The molecule has 9 heteroatoms. The van der Waals surface area contributed by atoms with Gasteiger partial charge in [0.25, 0.3) is 5.56 Å². The van der Waals surface area contributed by atoms with E-state index in [4.69, 9.17) is 22.7 Å². The number of nitrogens with zero attached hydrogens (tertiary/aromatic N) is 2. The van der Waals surface area contributed by atoms with Gasteiger partial charge in [-0.3, -0.25) is 14.3 Å². The maximum atomic E-state index is 13.0. The van der Waals surface area contributed by atoms with E-state index < -0.39 is 11.2 Å². The van der Waals surface area contributed by atoms with Gasteiger partial charge < -0.3 is 20.7 Å². The van der Waals surface area contributed by atoms with Gasteiger partial charge in [0.2, 0.25) is 0 Å². The van der Waals surface area contributed by atoms with Crippen LogP contribution in [0.5, 0.6) is 0 Å². The molecule has 2 heterocycles. The van der Waals surface area contributed by atoms with Gasteiger partial charge in [0.05, 0.1) is 19.2 Å². The minimum Gasteiger partial charge on any atom is -0.383 e. The summed E-state index contributed by atoms with van der Waals surface area (Å²) in [6, 6.07) is 15.5. The van der Waals surface area contributed by atoms with Crippen molar-refractivity contribution in [2.75, 3.05) is 29.1 Å². The fourth-order valence-corrected chi connectivity index (χ4v) is 4.55. The van der Waals surface area contributed by atoms with E-state index in [9.17, 15) is 9.59 Å². The van der Waals surface area contributed by atoms with E-state index >= 15 is 0 Å². The topological polar surface area (TPSA) is 105 Å². The molecule has 1 aromatic heterocycles. The summed E-state index contributed by atoms with van der Waals surface area (Å²) in [5, 5.41) is 3.55. The molecule has 178 valence electrons. The Balaban J connectivity index is 1.74. The van der Waals surface area contributed by atoms with E-state index in [0.717, 1.165) is 35.2 Å². The molecule has 34 heavy (non-hydrogen) atoms. The number of hydrogen-bond acceptors (Lipinski definition) is 5. The highest BCUT2D eigenvalue weighted by atomic mass is 32.1. The molecular weight excluding hydrogens is 450 g/mol. The Hall–Kier alpha value is -3.43. The summed E-state index contributed by atoms with van der Waals surface area (Å²) in [7, 11) is 0. The van der Waals surface area contributed by atoms with Gasteiger partial charge in [-0.15, -0.1) is 0 Å². The van der Waals surface area contributed by atoms with E-state index in [1.807, 2.05) is 56.3 Å². The number of aromatic amines is 1. The van der Waals surface area contributed by atoms with Crippen LogP contribution in [0.4, 0.5) is 17.2 Å². The molecule has 8 nitrogen and oxygen atoms in total. The summed E-state index contributed by atoms with van der Waals surface area (Å²) < 4.78 is 7.18. The summed E-state index contributed by atoms with van der Waals surface area (Å²) in [6.45, 7) is 5.24. The molecule has 1 aliphatic rings. The molecule has 1 atom stereocenters. The van der Waals surface area contributed by atoms with Crippen LogP contribution in [0.15, 0.2) is 58.1 Å². The Bertz CT molecular complexity index is 1280. The summed E-state index contributed by atoms with van der Waals surface area (Å²) in [4.78, 5) is 29.7. The van der Waals surface area contributed by atoms with Crippen molar-refractivity contribution in [3.63, 3.8) is 0 Å². The minimum atomic E-state index is -0.589. The van der Waals surface area contributed by atoms with E-state index in [1.54, 1.807) is 4.90 Å². The monoisotopic (exact) mass is 479 g/mol. The molecule has 1 aliphatic heterocycles. The number of rotatable bonds is 6. The molecule has 1 saturated heterocycles. The van der Waals surface area contributed by atoms with Gasteiger partial charge in [-0.05, 0) is 67.7 Å². The molecule has 4 rings (SSSR count). The normalized spacial score (nSPS) is 15.3. The van der Waals surface area contributed by atoms with Crippen molar-refractivity contribution in [3.8, 4) is 0 Å². The maximum absolute atomic E-state index is 13.0. The van der Waals surface area contributed by atoms with Gasteiger partial charge in [0, 0.05) is 12.3 Å². The number of nitrogens with one attached hydrogen (secondary N) is 2. The molecule has 3 aromatic rings. The first-order chi connectivity index (χ1) is 16.3. The van der Waals surface area contributed by atoms with Crippen LogP contribution in [-0.4, -0.2) is 33.9 Å². The van der Waals surface area contributed by atoms with Crippen molar-refractivity contribution in [1.29, 1.82) is 0 Å². The second-order valence-electron chi connectivity index (χ2n) is 8.62. The Morgan fingerprint density at radius 1 is 1.21 bits per heavy atom. The van der Waals surface area contributed by atoms with Gasteiger partial charge in [0.15, 0.2) is 10.8 Å². The molecule has 1 unspecified atom stereocenters.